The van der Waals surface area contributed by atoms with Gasteiger partial charge in [0.05, 0.1) is 12.3 Å². The van der Waals surface area contributed by atoms with Gasteiger partial charge in [0.15, 0.2) is 9.84 Å². The monoisotopic (exact) mass is 266 g/mol. The molecular weight excluding hydrogens is 252 g/mol. The van der Waals surface area contributed by atoms with Crippen LogP contribution in [0.25, 0.3) is 0 Å². The third-order valence-corrected chi connectivity index (χ3v) is 3.91. The SMILES string of the molecule is O=C(CNC1C=CS(=O)(=O)C1)Nc1ccccc1. The van der Waals surface area contributed by atoms with Crippen molar-refractivity contribution in [3.63, 3.8) is 0 Å². The van der Waals surface area contributed by atoms with Crippen molar-refractivity contribution in [2.75, 3.05) is 17.6 Å². The molecule has 0 spiro atoms. The van der Waals surface area contributed by atoms with Gasteiger partial charge >= 0.3 is 0 Å². The zero-order valence-corrected chi connectivity index (χ0v) is 10.5. The molecule has 5 nitrogen and oxygen atoms in total. The molecule has 1 amide bonds. The maximum atomic E-state index is 11.6. The van der Waals surface area contributed by atoms with Crippen LogP contribution in [0, 0.1) is 0 Å². The molecule has 0 fully saturated rings. The van der Waals surface area contributed by atoms with Gasteiger partial charge in [-0.25, -0.2) is 8.42 Å². The number of sulfone groups is 1. The van der Waals surface area contributed by atoms with E-state index in [1.54, 1.807) is 18.2 Å². The Bertz CT molecular complexity index is 552. The summed E-state index contributed by atoms with van der Waals surface area (Å²) in [4.78, 5) is 11.6. The van der Waals surface area contributed by atoms with Gasteiger partial charge in [-0.3, -0.25) is 4.79 Å². The van der Waals surface area contributed by atoms with Gasteiger partial charge in [0.1, 0.15) is 0 Å². The number of hydrogen-bond acceptors (Lipinski definition) is 4. The number of para-hydroxylation sites is 1. The maximum absolute atomic E-state index is 11.6. The number of carbonyl (C=O) groups excluding carboxylic acids is 1. The van der Waals surface area contributed by atoms with Gasteiger partial charge in [0.2, 0.25) is 5.91 Å². The van der Waals surface area contributed by atoms with E-state index in [2.05, 4.69) is 10.6 Å². The van der Waals surface area contributed by atoms with Crippen molar-refractivity contribution in [2.45, 2.75) is 6.04 Å². The fraction of sp³-hybridized carbons (Fsp3) is 0.250. The van der Waals surface area contributed by atoms with Gasteiger partial charge < -0.3 is 10.6 Å². The summed E-state index contributed by atoms with van der Waals surface area (Å²) in [5, 5.41) is 6.77. The minimum Gasteiger partial charge on any atom is -0.325 e. The van der Waals surface area contributed by atoms with Gasteiger partial charge in [-0.05, 0) is 12.1 Å². The second kappa shape index (κ2) is 5.32. The molecule has 96 valence electrons. The number of hydrogen-bond donors (Lipinski definition) is 2. The number of carbonyl (C=O) groups is 1. The Balaban J connectivity index is 1.78. The third kappa shape index (κ3) is 3.68. The van der Waals surface area contributed by atoms with Crippen molar-refractivity contribution in [1.82, 2.24) is 5.32 Å². The summed E-state index contributed by atoms with van der Waals surface area (Å²) in [5.74, 6) is -0.176. The van der Waals surface area contributed by atoms with E-state index in [9.17, 15) is 13.2 Å². The Labute approximate surface area is 106 Å². The predicted octanol–water partition coefficient (Wildman–Crippen LogP) is 0.525. The zero-order chi connectivity index (χ0) is 13.0. The Hall–Kier alpha value is -1.66. The van der Waals surface area contributed by atoms with Crippen LogP contribution in [0.1, 0.15) is 0 Å². The highest BCUT2D eigenvalue weighted by molar-refractivity contribution is 7.94. The lowest BCUT2D eigenvalue weighted by Crippen LogP contribution is -2.36. The quantitative estimate of drug-likeness (QED) is 0.833. The second-order valence-corrected chi connectivity index (χ2v) is 5.99. The van der Waals surface area contributed by atoms with Gasteiger partial charge in [0.25, 0.3) is 0 Å². The van der Waals surface area contributed by atoms with E-state index >= 15 is 0 Å². The number of amides is 1. The summed E-state index contributed by atoms with van der Waals surface area (Å²) >= 11 is 0. The van der Waals surface area contributed by atoms with Crippen LogP contribution in [0.4, 0.5) is 5.69 Å². The zero-order valence-electron chi connectivity index (χ0n) is 9.67. The summed E-state index contributed by atoms with van der Waals surface area (Å²) < 4.78 is 22.3. The van der Waals surface area contributed by atoms with Gasteiger partial charge in [-0.2, -0.15) is 0 Å². The Morgan fingerprint density at radius 1 is 1.28 bits per heavy atom. The number of nitrogens with one attached hydrogen (secondary N) is 2. The fourth-order valence-electron chi connectivity index (χ4n) is 1.65. The normalized spacial score (nSPS) is 20.8. The molecule has 6 heteroatoms. The molecule has 18 heavy (non-hydrogen) atoms. The van der Waals surface area contributed by atoms with Crippen LogP contribution in [-0.2, 0) is 14.6 Å². The van der Waals surface area contributed by atoms with E-state index in [0.717, 1.165) is 5.69 Å². The minimum absolute atomic E-state index is 0.0195. The lowest BCUT2D eigenvalue weighted by Gasteiger charge is -2.10. The maximum Gasteiger partial charge on any atom is 0.238 e. The summed E-state index contributed by atoms with van der Waals surface area (Å²) in [6.07, 6.45) is 1.56. The molecule has 2 N–H and O–H groups in total. The molecule has 0 saturated heterocycles. The molecular formula is C12H14N2O3S. The first-order valence-corrected chi connectivity index (χ1v) is 7.26. The molecule has 1 atom stereocenters. The lowest BCUT2D eigenvalue weighted by atomic mass is 10.3. The van der Waals surface area contributed by atoms with Crippen molar-refractivity contribution in [1.29, 1.82) is 0 Å². The number of anilines is 1. The highest BCUT2D eigenvalue weighted by Gasteiger charge is 2.21. The molecule has 1 aromatic rings. The highest BCUT2D eigenvalue weighted by atomic mass is 32.2. The van der Waals surface area contributed by atoms with Gasteiger partial charge in [-0.15, -0.1) is 0 Å². The highest BCUT2D eigenvalue weighted by Crippen LogP contribution is 2.08. The molecule has 1 aliphatic rings. The van der Waals surface area contributed by atoms with E-state index in [1.807, 2.05) is 18.2 Å². The summed E-state index contributed by atoms with van der Waals surface area (Å²) in [7, 11) is -3.08. The molecule has 0 saturated carbocycles. The van der Waals surface area contributed by atoms with Crippen LogP contribution < -0.4 is 10.6 Å². The van der Waals surface area contributed by atoms with Crippen molar-refractivity contribution in [3.8, 4) is 0 Å². The molecule has 0 aromatic heterocycles. The van der Waals surface area contributed by atoms with Crippen LogP contribution in [-0.4, -0.2) is 32.7 Å². The summed E-state index contributed by atoms with van der Waals surface area (Å²) in [6, 6.07) is 8.82. The Morgan fingerprint density at radius 3 is 2.61 bits per heavy atom. The molecule has 1 heterocycles. The van der Waals surface area contributed by atoms with Crippen molar-refractivity contribution >= 4 is 21.4 Å². The average Bonchev–Trinajstić information content (AvgIpc) is 2.68. The van der Waals surface area contributed by atoms with Gasteiger partial charge in [-0.1, -0.05) is 24.3 Å². The van der Waals surface area contributed by atoms with Crippen LogP contribution in [0.15, 0.2) is 41.8 Å². The number of rotatable bonds is 4. The van der Waals surface area contributed by atoms with E-state index in [4.69, 9.17) is 0 Å². The fourth-order valence-corrected chi connectivity index (χ4v) is 2.92. The average molecular weight is 266 g/mol. The van der Waals surface area contributed by atoms with Crippen molar-refractivity contribution in [3.05, 3.63) is 41.8 Å². The minimum atomic E-state index is -3.08. The molecule has 1 unspecified atom stereocenters. The standard InChI is InChI=1S/C12H14N2O3S/c15-12(14-10-4-2-1-3-5-10)8-13-11-6-7-18(16,17)9-11/h1-7,11,13H,8-9H2,(H,14,15). The van der Waals surface area contributed by atoms with Crippen LogP contribution in [0.5, 0.6) is 0 Å². The van der Waals surface area contributed by atoms with E-state index in [-0.39, 0.29) is 24.2 Å². The first kappa shape index (κ1) is 12.8. The van der Waals surface area contributed by atoms with Gasteiger partial charge in [0, 0.05) is 17.1 Å². The largest absolute Gasteiger partial charge is 0.325 e. The summed E-state index contributed by atoms with van der Waals surface area (Å²) in [5.41, 5.74) is 0.721. The first-order chi connectivity index (χ1) is 8.55. The third-order valence-electron chi connectivity index (χ3n) is 2.51. The lowest BCUT2D eigenvalue weighted by molar-refractivity contribution is -0.115. The Kier molecular flexibility index (Phi) is 3.78. The van der Waals surface area contributed by atoms with Crippen molar-refractivity contribution < 1.29 is 13.2 Å². The van der Waals surface area contributed by atoms with Crippen molar-refractivity contribution in [2.24, 2.45) is 0 Å². The van der Waals surface area contributed by atoms with Crippen LogP contribution in [0.3, 0.4) is 0 Å². The summed E-state index contributed by atoms with van der Waals surface area (Å²) in [6.45, 7) is 0.0828. The molecule has 0 bridgehead atoms. The predicted molar refractivity (Wildman–Crippen MR) is 69.8 cm³/mol. The second-order valence-electron chi connectivity index (χ2n) is 4.06. The van der Waals surface area contributed by atoms with Crippen LogP contribution >= 0.6 is 0 Å². The van der Waals surface area contributed by atoms with E-state index in [0.29, 0.717) is 0 Å². The topological polar surface area (TPSA) is 75.3 Å². The molecule has 1 aromatic carbocycles. The molecule has 0 radical (unpaired) electrons. The number of benzene rings is 1. The first-order valence-electron chi connectivity index (χ1n) is 5.54. The smallest absolute Gasteiger partial charge is 0.238 e. The van der Waals surface area contributed by atoms with Crippen LogP contribution in [0.2, 0.25) is 0 Å². The van der Waals surface area contributed by atoms with E-state index in [1.165, 1.54) is 5.41 Å². The molecule has 0 aliphatic carbocycles. The Morgan fingerprint density at radius 2 is 2.00 bits per heavy atom. The van der Waals surface area contributed by atoms with E-state index < -0.39 is 9.84 Å². The molecule has 2 rings (SSSR count). The molecule has 1 aliphatic heterocycles.